The lowest BCUT2D eigenvalue weighted by Crippen LogP contribution is -2.09. The molecule has 2 aromatic rings. The summed E-state index contributed by atoms with van der Waals surface area (Å²) in [5.41, 5.74) is 1.46. The lowest BCUT2D eigenvalue weighted by atomic mass is 10.1. The fourth-order valence-electron chi connectivity index (χ4n) is 1.94. The third-order valence-corrected chi connectivity index (χ3v) is 2.71. The van der Waals surface area contributed by atoms with E-state index in [1.807, 2.05) is 6.92 Å². The van der Waals surface area contributed by atoms with Gasteiger partial charge in [0.1, 0.15) is 17.7 Å². The van der Waals surface area contributed by atoms with Crippen molar-refractivity contribution < 1.29 is 13.9 Å². The van der Waals surface area contributed by atoms with E-state index in [-0.39, 0.29) is 5.56 Å². The SMILES string of the molecule is CCn1nc(C)cc1C(O)c1cc(F)cc(F)c1. The molecule has 0 aliphatic carbocycles. The van der Waals surface area contributed by atoms with Gasteiger partial charge in [0.15, 0.2) is 0 Å². The molecule has 1 atom stereocenters. The lowest BCUT2D eigenvalue weighted by Gasteiger charge is -2.12. The third-order valence-electron chi connectivity index (χ3n) is 2.71. The number of nitrogens with zero attached hydrogens (tertiary/aromatic N) is 2. The Morgan fingerprint density at radius 1 is 1.22 bits per heavy atom. The predicted molar refractivity (Wildman–Crippen MR) is 63.1 cm³/mol. The molecular formula is C13H14F2N2O. The van der Waals surface area contributed by atoms with Gasteiger partial charge < -0.3 is 5.11 Å². The molecule has 0 fully saturated rings. The van der Waals surface area contributed by atoms with Gasteiger partial charge in [-0.05, 0) is 37.6 Å². The Morgan fingerprint density at radius 2 is 1.83 bits per heavy atom. The van der Waals surface area contributed by atoms with Crippen LogP contribution in [-0.2, 0) is 6.54 Å². The van der Waals surface area contributed by atoms with Crippen molar-refractivity contribution in [1.82, 2.24) is 9.78 Å². The number of aromatic nitrogens is 2. The van der Waals surface area contributed by atoms with Crippen molar-refractivity contribution in [3.63, 3.8) is 0 Å². The summed E-state index contributed by atoms with van der Waals surface area (Å²) in [4.78, 5) is 0. The molecule has 0 aliphatic heterocycles. The summed E-state index contributed by atoms with van der Waals surface area (Å²) in [6, 6.07) is 4.72. The number of halogens is 2. The van der Waals surface area contributed by atoms with Crippen molar-refractivity contribution >= 4 is 0 Å². The maximum Gasteiger partial charge on any atom is 0.126 e. The second-order valence-electron chi connectivity index (χ2n) is 4.13. The fourth-order valence-corrected chi connectivity index (χ4v) is 1.94. The van der Waals surface area contributed by atoms with E-state index in [0.717, 1.165) is 23.9 Å². The molecule has 1 unspecified atom stereocenters. The topological polar surface area (TPSA) is 38.0 Å². The molecule has 0 saturated heterocycles. The Hall–Kier alpha value is -1.75. The molecule has 96 valence electrons. The zero-order valence-corrected chi connectivity index (χ0v) is 10.2. The van der Waals surface area contributed by atoms with Crippen molar-refractivity contribution in [2.24, 2.45) is 0 Å². The molecule has 0 aliphatic rings. The molecule has 0 saturated carbocycles. The van der Waals surface area contributed by atoms with Crippen molar-refractivity contribution in [3.05, 3.63) is 52.9 Å². The third kappa shape index (κ3) is 2.41. The van der Waals surface area contributed by atoms with Gasteiger partial charge in [-0.15, -0.1) is 0 Å². The molecule has 18 heavy (non-hydrogen) atoms. The number of hydrogen-bond acceptors (Lipinski definition) is 2. The number of benzene rings is 1. The average Bonchev–Trinajstić information content (AvgIpc) is 2.68. The highest BCUT2D eigenvalue weighted by molar-refractivity contribution is 5.28. The van der Waals surface area contributed by atoms with Gasteiger partial charge in [-0.25, -0.2) is 8.78 Å². The van der Waals surface area contributed by atoms with Crippen molar-refractivity contribution in [2.75, 3.05) is 0 Å². The van der Waals surface area contributed by atoms with E-state index in [2.05, 4.69) is 5.10 Å². The molecular weight excluding hydrogens is 238 g/mol. The second-order valence-corrected chi connectivity index (χ2v) is 4.13. The maximum atomic E-state index is 13.1. The van der Waals surface area contributed by atoms with Crippen LogP contribution < -0.4 is 0 Å². The minimum Gasteiger partial charge on any atom is -0.382 e. The van der Waals surface area contributed by atoms with Crippen LogP contribution in [0.3, 0.4) is 0 Å². The minimum atomic E-state index is -1.09. The van der Waals surface area contributed by atoms with Crippen LogP contribution in [0.25, 0.3) is 0 Å². The van der Waals surface area contributed by atoms with Crippen LogP contribution in [-0.4, -0.2) is 14.9 Å². The first kappa shape index (κ1) is 12.7. The number of aryl methyl sites for hydroxylation is 2. The van der Waals surface area contributed by atoms with Crippen LogP contribution in [0.15, 0.2) is 24.3 Å². The summed E-state index contributed by atoms with van der Waals surface area (Å²) in [7, 11) is 0. The standard InChI is InChI=1S/C13H14F2N2O/c1-3-17-12(4-8(2)16-17)13(18)9-5-10(14)7-11(15)6-9/h4-7,13,18H,3H2,1-2H3. The first-order valence-electron chi connectivity index (χ1n) is 5.69. The highest BCUT2D eigenvalue weighted by Gasteiger charge is 2.17. The van der Waals surface area contributed by atoms with Crippen molar-refractivity contribution in [3.8, 4) is 0 Å². The zero-order valence-electron chi connectivity index (χ0n) is 10.2. The van der Waals surface area contributed by atoms with E-state index < -0.39 is 17.7 Å². The van der Waals surface area contributed by atoms with Crippen LogP contribution in [0.1, 0.15) is 30.0 Å². The molecule has 1 N–H and O–H groups in total. The predicted octanol–water partition coefficient (Wildman–Crippen LogP) is 2.57. The highest BCUT2D eigenvalue weighted by atomic mass is 19.1. The molecule has 1 aromatic heterocycles. The zero-order chi connectivity index (χ0) is 13.3. The van der Waals surface area contributed by atoms with Gasteiger partial charge in [0.05, 0.1) is 11.4 Å². The van der Waals surface area contributed by atoms with Crippen LogP contribution >= 0.6 is 0 Å². The molecule has 0 radical (unpaired) electrons. The molecule has 0 spiro atoms. The van der Waals surface area contributed by atoms with Gasteiger partial charge >= 0.3 is 0 Å². The van der Waals surface area contributed by atoms with E-state index in [4.69, 9.17) is 0 Å². The first-order chi connectivity index (χ1) is 8.51. The Bertz CT molecular complexity index is 546. The summed E-state index contributed by atoms with van der Waals surface area (Å²) in [6.07, 6.45) is -1.09. The van der Waals surface area contributed by atoms with Gasteiger partial charge in [0, 0.05) is 12.6 Å². The van der Waals surface area contributed by atoms with Gasteiger partial charge in [-0.1, -0.05) is 0 Å². The second kappa shape index (κ2) is 4.86. The van der Waals surface area contributed by atoms with E-state index in [9.17, 15) is 13.9 Å². The van der Waals surface area contributed by atoms with Crippen molar-refractivity contribution in [1.29, 1.82) is 0 Å². The molecule has 1 heterocycles. The quantitative estimate of drug-likeness (QED) is 0.911. The van der Waals surface area contributed by atoms with Gasteiger partial charge in [-0.2, -0.15) is 5.10 Å². The van der Waals surface area contributed by atoms with Crippen molar-refractivity contribution in [2.45, 2.75) is 26.5 Å². The number of aliphatic hydroxyl groups excluding tert-OH is 1. The molecule has 3 nitrogen and oxygen atoms in total. The molecule has 1 aromatic carbocycles. The molecule has 2 rings (SSSR count). The average molecular weight is 252 g/mol. The maximum absolute atomic E-state index is 13.1. The Morgan fingerprint density at radius 3 is 2.39 bits per heavy atom. The molecule has 5 heteroatoms. The van der Waals surface area contributed by atoms with Gasteiger partial charge in [-0.3, -0.25) is 4.68 Å². The lowest BCUT2D eigenvalue weighted by molar-refractivity contribution is 0.207. The summed E-state index contributed by atoms with van der Waals surface area (Å²) in [5.74, 6) is -1.41. The van der Waals surface area contributed by atoms with Crippen LogP contribution in [0.4, 0.5) is 8.78 Å². The number of rotatable bonds is 3. The van der Waals surface area contributed by atoms with Gasteiger partial charge in [0.2, 0.25) is 0 Å². The smallest absolute Gasteiger partial charge is 0.126 e. The molecule has 0 bridgehead atoms. The van der Waals surface area contributed by atoms with E-state index in [0.29, 0.717) is 12.2 Å². The number of hydrogen-bond donors (Lipinski definition) is 1. The Labute approximate surface area is 104 Å². The monoisotopic (exact) mass is 252 g/mol. The largest absolute Gasteiger partial charge is 0.382 e. The summed E-state index contributed by atoms with van der Waals surface area (Å²) >= 11 is 0. The van der Waals surface area contributed by atoms with Crippen LogP contribution in [0.2, 0.25) is 0 Å². The Balaban J connectivity index is 2.43. The first-order valence-corrected chi connectivity index (χ1v) is 5.69. The highest BCUT2D eigenvalue weighted by Crippen LogP contribution is 2.24. The van der Waals surface area contributed by atoms with Crippen LogP contribution in [0.5, 0.6) is 0 Å². The molecule has 0 amide bonds. The summed E-state index contributed by atoms with van der Waals surface area (Å²) < 4.78 is 27.9. The van der Waals surface area contributed by atoms with Gasteiger partial charge in [0.25, 0.3) is 0 Å². The number of aliphatic hydroxyl groups is 1. The van der Waals surface area contributed by atoms with E-state index in [1.165, 1.54) is 0 Å². The minimum absolute atomic E-state index is 0.183. The summed E-state index contributed by atoms with van der Waals surface area (Å²) in [6.45, 7) is 4.27. The normalized spacial score (nSPS) is 12.7. The fraction of sp³-hybridized carbons (Fsp3) is 0.308. The van der Waals surface area contributed by atoms with Crippen LogP contribution in [0, 0.1) is 18.6 Å². The summed E-state index contributed by atoms with van der Waals surface area (Å²) in [5, 5.41) is 14.4. The van der Waals surface area contributed by atoms with E-state index in [1.54, 1.807) is 17.7 Å². The van der Waals surface area contributed by atoms with E-state index >= 15 is 0 Å². The Kier molecular flexibility index (Phi) is 3.43.